The summed E-state index contributed by atoms with van der Waals surface area (Å²) < 4.78 is 28.2. The van der Waals surface area contributed by atoms with Gasteiger partial charge in [-0.1, -0.05) is 24.3 Å². The molecule has 1 aliphatic rings. The zero-order chi connectivity index (χ0) is 24.4. The zero-order valence-electron chi connectivity index (χ0n) is 18.7. The van der Waals surface area contributed by atoms with E-state index in [0.29, 0.717) is 43.5 Å². The highest BCUT2D eigenvalue weighted by molar-refractivity contribution is 7.89. The Bertz CT molecular complexity index is 1480. The number of hydrogen-bond donors (Lipinski definition) is 2. The Morgan fingerprint density at radius 3 is 2.31 bits per heavy atom. The van der Waals surface area contributed by atoms with Crippen molar-refractivity contribution in [3.8, 4) is 11.1 Å². The average molecular weight is 490 g/mol. The van der Waals surface area contributed by atoms with Crippen molar-refractivity contribution in [3.63, 3.8) is 0 Å². The van der Waals surface area contributed by atoms with Gasteiger partial charge in [-0.05, 0) is 53.6 Å². The number of ether oxygens (including phenoxy) is 1. The van der Waals surface area contributed by atoms with Crippen LogP contribution in [0.2, 0.25) is 0 Å². The minimum Gasteiger partial charge on any atom is -0.378 e. The Balaban J connectivity index is 1.35. The lowest BCUT2D eigenvalue weighted by molar-refractivity contribution is 0.0303. The molecule has 1 fully saturated rings. The maximum absolute atomic E-state index is 12.7. The Hall–Kier alpha value is -3.86. The molecule has 0 bridgehead atoms. The van der Waals surface area contributed by atoms with Crippen LogP contribution in [-0.2, 0) is 14.8 Å². The summed E-state index contributed by atoms with van der Waals surface area (Å²) in [5, 5.41) is 9.10. The first-order valence-corrected chi connectivity index (χ1v) is 12.6. The van der Waals surface area contributed by atoms with Crippen molar-refractivity contribution in [2.24, 2.45) is 5.14 Å². The van der Waals surface area contributed by atoms with Crippen LogP contribution in [0.3, 0.4) is 0 Å². The van der Waals surface area contributed by atoms with E-state index in [1.165, 1.54) is 12.1 Å². The summed E-state index contributed by atoms with van der Waals surface area (Å²) in [6.07, 6.45) is 1.72. The van der Waals surface area contributed by atoms with Crippen molar-refractivity contribution < 1.29 is 17.9 Å². The van der Waals surface area contributed by atoms with Crippen molar-refractivity contribution in [1.82, 2.24) is 14.9 Å². The number of benzene rings is 3. The second kappa shape index (κ2) is 9.41. The maximum atomic E-state index is 12.7. The van der Waals surface area contributed by atoms with Crippen molar-refractivity contribution >= 4 is 38.5 Å². The number of hydrogen-bond acceptors (Lipinski definition) is 7. The fourth-order valence-electron chi connectivity index (χ4n) is 3.87. The molecule has 1 aromatic heterocycles. The highest BCUT2D eigenvalue weighted by Gasteiger charge is 2.18. The van der Waals surface area contributed by atoms with Crippen molar-refractivity contribution in [2.45, 2.75) is 4.90 Å². The molecule has 35 heavy (non-hydrogen) atoms. The predicted molar refractivity (Wildman–Crippen MR) is 133 cm³/mol. The molecule has 0 unspecified atom stereocenters. The monoisotopic (exact) mass is 489 g/mol. The van der Waals surface area contributed by atoms with Crippen LogP contribution in [0, 0.1) is 0 Å². The van der Waals surface area contributed by atoms with Crippen molar-refractivity contribution in [1.29, 1.82) is 0 Å². The maximum Gasteiger partial charge on any atom is 0.254 e. The van der Waals surface area contributed by atoms with E-state index in [1.807, 2.05) is 47.4 Å². The number of carbonyl (C=O) groups excluding carboxylic acids is 1. The van der Waals surface area contributed by atoms with E-state index >= 15 is 0 Å². The van der Waals surface area contributed by atoms with E-state index in [0.717, 1.165) is 22.0 Å². The van der Waals surface area contributed by atoms with Gasteiger partial charge in [0.1, 0.15) is 0 Å². The normalized spacial score (nSPS) is 14.1. The Labute approximate surface area is 202 Å². The molecule has 1 saturated heterocycles. The van der Waals surface area contributed by atoms with Gasteiger partial charge in [0, 0.05) is 35.9 Å². The van der Waals surface area contributed by atoms with Gasteiger partial charge in [-0.2, -0.15) is 0 Å². The highest BCUT2D eigenvalue weighted by Crippen LogP contribution is 2.25. The van der Waals surface area contributed by atoms with Gasteiger partial charge in [-0.15, -0.1) is 0 Å². The number of nitrogens with two attached hydrogens (primary N) is 1. The van der Waals surface area contributed by atoms with Crippen LogP contribution in [0.25, 0.3) is 22.0 Å². The molecule has 5 rings (SSSR count). The number of nitrogens with zero attached hydrogens (tertiary/aromatic N) is 3. The van der Waals surface area contributed by atoms with E-state index in [4.69, 9.17) is 9.88 Å². The Morgan fingerprint density at radius 2 is 1.63 bits per heavy atom. The number of anilines is 2. The van der Waals surface area contributed by atoms with Gasteiger partial charge in [0.2, 0.25) is 16.0 Å². The summed E-state index contributed by atoms with van der Waals surface area (Å²) in [5.74, 6) is 0.392. The van der Waals surface area contributed by atoms with Gasteiger partial charge in [0.05, 0.1) is 23.6 Å². The van der Waals surface area contributed by atoms with Crippen LogP contribution in [0.4, 0.5) is 11.6 Å². The second-order valence-electron chi connectivity index (χ2n) is 8.14. The zero-order valence-corrected chi connectivity index (χ0v) is 19.5. The summed E-state index contributed by atoms with van der Waals surface area (Å²) in [5.41, 5.74) is 3.96. The summed E-state index contributed by atoms with van der Waals surface area (Å²) >= 11 is 0. The number of rotatable bonds is 5. The Morgan fingerprint density at radius 1 is 0.943 bits per heavy atom. The smallest absolute Gasteiger partial charge is 0.254 e. The van der Waals surface area contributed by atoms with Gasteiger partial charge in [-0.25, -0.2) is 23.5 Å². The summed E-state index contributed by atoms with van der Waals surface area (Å²) in [6, 6.07) is 19.5. The lowest BCUT2D eigenvalue weighted by atomic mass is 10.0. The van der Waals surface area contributed by atoms with Crippen LogP contribution < -0.4 is 10.5 Å². The number of morpholine rings is 1. The predicted octanol–water partition coefficient (Wildman–Crippen LogP) is 3.16. The molecule has 1 amide bonds. The van der Waals surface area contributed by atoms with E-state index in [-0.39, 0.29) is 10.8 Å². The van der Waals surface area contributed by atoms with Gasteiger partial charge in [0.25, 0.3) is 5.91 Å². The molecule has 10 heteroatoms. The summed E-state index contributed by atoms with van der Waals surface area (Å²) in [4.78, 5) is 23.5. The fourth-order valence-corrected chi connectivity index (χ4v) is 4.39. The van der Waals surface area contributed by atoms with Crippen LogP contribution in [0.5, 0.6) is 0 Å². The number of fused-ring (bicyclic) bond motifs is 1. The molecule has 2 heterocycles. The van der Waals surface area contributed by atoms with E-state index in [1.54, 1.807) is 18.3 Å². The van der Waals surface area contributed by atoms with Crippen LogP contribution in [0.1, 0.15) is 10.4 Å². The van der Waals surface area contributed by atoms with E-state index in [9.17, 15) is 13.2 Å². The SMILES string of the molecule is NS(=O)(=O)c1ccc(Nc2ncc3ccc(-c4ccc(C(=O)N5CCOCC5)cc4)cc3n2)cc1. The summed E-state index contributed by atoms with van der Waals surface area (Å²) in [7, 11) is -3.75. The third-order valence-electron chi connectivity index (χ3n) is 5.79. The van der Waals surface area contributed by atoms with Crippen molar-refractivity contribution in [2.75, 3.05) is 31.6 Å². The summed E-state index contributed by atoms with van der Waals surface area (Å²) in [6.45, 7) is 2.36. The number of primary sulfonamides is 1. The first-order valence-electron chi connectivity index (χ1n) is 11.0. The van der Waals surface area contributed by atoms with Gasteiger partial charge in [-0.3, -0.25) is 4.79 Å². The quantitative estimate of drug-likeness (QED) is 0.441. The number of sulfonamides is 1. The van der Waals surface area contributed by atoms with Crippen LogP contribution in [-0.4, -0.2) is 55.5 Å². The molecule has 1 aliphatic heterocycles. The number of nitrogens with one attached hydrogen (secondary N) is 1. The minimum atomic E-state index is -3.75. The van der Waals surface area contributed by atoms with Gasteiger partial charge < -0.3 is 15.0 Å². The van der Waals surface area contributed by atoms with Crippen LogP contribution >= 0.6 is 0 Å². The first-order chi connectivity index (χ1) is 16.9. The second-order valence-corrected chi connectivity index (χ2v) is 9.70. The molecule has 0 radical (unpaired) electrons. The molecule has 4 aromatic rings. The first kappa shape index (κ1) is 22.9. The van der Waals surface area contributed by atoms with E-state index in [2.05, 4.69) is 15.3 Å². The number of aromatic nitrogens is 2. The lowest BCUT2D eigenvalue weighted by Gasteiger charge is -2.26. The Kier molecular flexibility index (Phi) is 6.16. The molecule has 9 nitrogen and oxygen atoms in total. The van der Waals surface area contributed by atoms with Crippen LogP contribution in [0.15, 0.2) is 77.8 Å². The fraction of sp³-hybridized carbons (Fsp3) is 0.160. The topological polar surface area (TPSA) is 128 Å². The standard InChI is InChI=1S/C25H23N5O4S/c26-35(32,33)22-9-7-21(8-10-22)28-25-27-16-20-6-5-19(15-23(20)29-25)17-1-3-18(4-2-17)24(31)30-11-13-34-14-12-30/h1-10,15-16H,11-14H2,(H2,26,32,33)(H,27,28,29). The average Bonchev–Trinajstić information content (AvgIpc) is 2.88. The molecular formula is C25H23N5O4S. The number of amides is 1. The van der Waals surface area contributed by atoms with E-state index < -0.39 is 10.0 Å². The molecule has 0 spiro atoms. The number of carbonyl (C=O) groups is 1. The minimum absolute atomic E-state index is 0.0129. The third-order valence-corrected chi connectivity index (χ3v) is 6.71. The molecule has 3 N–H and O–H groups in total. The third kappa shape index (κ3) is 5.14. The van der Waals surface area contributed by atoms with Gasteiger partial charge >= 0.3 is 0 Å². The lowest BCUT2D eigenvalue weighted by Crippen LogP contribution is -2.40. The molecule has 3 aromatic carbocycles. The molecule has 0 aliphatic carbocycles. The van der Waals surface area contributed by atoms with Gasteiger partial charge in [0.15, 0.2) is 0 Å². The highest BCUT2D eigenvalue weighted by atomic mass is 32.2. The molecule has 0 saturated carbocycles. The van der Waals surface area contributed by atoms with Crippen molar-refractivity contribution in [3.05, 3.63) is 78.5 Å². The molecular weight excluding hydrogens is 466 g/mol. The molecule has 0 atom stereocenters. The largest absolute Gasteiger partial charge is 0.378 e. The molecule has 178 valence electrons.